The second-order valence-corrected chi connectivity index (χ2v) is 4.46. The lowest BCUT2D eigenvalue weighted by Crippen LogP contribution is -2.31. The standard InChI is InChI=1S/C10H17F3O2/c1-5-7(6-10(11,12)13)8(14)15-9(2,3)4/h7H,5-6H2,1-4H3. The zero-order valence-corrected chi connectivity index (χ0v) is 9.44. The van der Waals surface area contributed by atoms with Gasteiger partial charge in [0.2, 0.25) is 0 Å². The van der Waals surface area contributed by atoms with Gasteiger partial charge in [-0.1, -0.05) is 6.92 Å². The van der Waals surface area contributed by atoms with Crippen LogP contribution in [0.25, 0.3) is 0 Å². The number of esters is 1. The van der Waals surface area contributed by atoms with Gasteiger partial charge < -0.3 is 4.74 Å². The summed E-state index contributed by atoms with van der Waals surface area (Å²) >= 11 is 0. The molecule has 0 saturated carbocycles. The number of carbonyl (C=O) groups is 1. The Balaban J connectivity index is 4.36. The Labute approximate surface area is 87.8 Å². The van der Waals surface area contributed by atoms with Gasteiger partial charge >= 0.3 is 12.1 Å². The quantitative estimate of drug-likeness (QED) is 0.690. The lowest BCUT2D eigenvalue weighted by atomic mass is 10.0. The molecule has 0 saturated heterocycles. The lowest BCUT2D eigenvalue weighted by Gasteiger charge is -2.23. The van der Waals surface area contributed by atoms with Crippen LogP contribution >= 0.6 is 0 Å². The molecule has 0 bridgehead atoms. The van der Waals surface area contributed by atoms with E-state index in [1.165, 1.54) is 0 Å². The van der Waals surface area contributed by atoms with E-state index in [4.69, 9.17) is 4.74 Å². The summed E-state index contributed by atoms with van der Waals surface area (Å²) < 4.78 is 41.1. The molecule has 0 aliphatic rings. The third kappa shape index (κ3) is 7.22. The van der Waals surface area contributed by atoms with Crippen molar-refractivity contribution in [3.63, 3.8) is 0 Å². The van der Waals surface area contributed by atoms with Crippen LogP contribution < -0.4 is 0 Å². The number of carbonyl (C=O) groups excluding carboxylic acids is 1. The maximum atomic E-state index is 12.1. The molecule has 2 nitrogen and oxygen atoms in total. The van der Waals surface area contributed by atoms with Crippen molar-refractivity contribution in [3.05, 3.63) is 0 Å². The maximum Gasteiger partial charge on any atom is 0.389 e. The minimum atomic E-state index is -4.32. The summed E-state index contributed by atoms with van der Waals surface area (Å²) in [6, 6.07) is 0. The molecule has 0 amide bonds. The van der Waals surface area contributed by atoms with Crippen molar-refractivity contribution in [3.8, 4) is 0 Å². The van der Waals surface area contributed by atoms with Crippen LogP contribution in [-0.4, -0.2) is 17.7 Å². The molecule has 0 aromatic heterocycles. The van der Waals surface area contributed by atoms with Gasteiger partial charge in [0.15, 0.2) is 0 Å². The van der Waals surface area contributed by atoms with Gasteiger partial charge in [0.1, 0.15) is 5.60 Å². The molecule has 0 fully saturated rings. The molecular formula is C10H17F3O2. The van der Waals surface area contributed by atoms with E-state index in [9.17, 15) is 18.0 Å². The highest BCUT2D eigenvalue weighted by Crippen LogP contribution is 2.28. The molecule has 0 radical (unpaired) electrons. The summed E-state index contributed by atoms with van der Waals surface area (Å²) in [4.78, 5) is 11.3. The Morgan fingerprint density at radius 3 is 2.00 bits per heavy atom. The summed E-state index contributed by atoms with van der Waals surface area (Å²) in [5, 5.41) is 0. The number of ether oxygens (including phenoxy) is 1. The normalized spacial score (nSPS) is 14.9. The van der Waals surface area contributed by atoms with Crippen LogP contribution in [0.1, 0.15) is 40.5 Å². The first kappa shape index (κ1) is 14.3. The van der Waals surface area contributed by atoms with E-state index in [1.807, 2.05) is 0 Å². The monoisotopic (exact) mass is 226 g/mol. The van der Waals surface area contributed by atoms with Crippen molar-refractivity contribution in [1.29, 1.82) is 0 Å². The van der Waals surface area contributed by atoms with Gasteiger partial charge in [-0.05, 0) is 27.2 Å². The van der Waals surface area contributed by atoms with Crippen LogP contribution in [0, 0.1) is 5.92 Å². The molecule has 0 aromatic carbocycles. The fraction of sp³-hybridized carbons (Fsp3) is 0.900. The van der Waals surface area contributed by atoms with Gasteiger partial charge in [0.05, 0.1) is 12.3 Å². The molecule has 0 rings (SSSR count). The Hall–Kier alpha value is -0.740. The zero-order chi connectivity index (χ0) is 12.3. The van der Waals surface area contributed by atoms with Gasteiger partial charge in [0.25, 0.3) is 0 Å². The smallest absolute Gasteiger partial charge is 0.389 e. The lowest BCUT2D eigenvalue weighted by molar-refractivity contribution is -0.176. The average molecular weight is 226 g/mol. The zero-order valence-electron chi connectivity index (χ0n) is 9.44. The second-order valence-electron chi connectivity index (χ2n) is 4.46. The van der Waals surface area contributed by atoms with E-state index >= 15 is 0 Å². The molecule has 0 aliphatic heterocycles. The van der Waals surface area contributed by atoms with Crippen LogP contribution in [0.4, 0.5) is 13.2 Å². The first-order valence-corrected chi connectivity index (χ1v) is 4.85. The average Bonchev–Trinajstić information content (AvgIpc) is 1.94. The van der Waals surface area contributed by atoms with Crippen molar-refractivity contribution < 1.29 is 22.7 Å². The number of rotatable bonds is 3. The summed E-state index contributed by atoms with van der Waals surface area (Å²) in [7, 11) is 0. The van der Waals surface area contributed by atoms with Crippen LogP contribution in [-0.2, 0) is 9.53 Å². The molecule has 0 heterocycles. The molecule has 90 valence electrons. The third-order valence-corrected chi connectivity index (χ3v) is 1.71. The predicted molar refractivity (Wildman–Crippen MR) is 50.3 cm³/mol. The highest BCUT2D eigenvalue weighted by molar-refractivity contribution is 5.72. The van der Waals surface area contributed by atoms with Crippen LogP contribution in [0.3, 0.4) is 0 Å². The number of alkyl halides is 3. The Kier molecular flexibility index (Phi) is 4.62. The Bertz CT molecular complexity index is 216. The van der Waals surface area contributed by atoms with Gasteiger partial charge in [0, 0.05) is 0 Å². The maximum absolute atomic E-state index is 12.1. The highest BCUT2D eigenvalue weighted by Gasteiger charge is 2.36. The number of halogens is 3. The Morgan fingerprint density at radius 1 is 1.27 bits per heavy atom. The minimum absolute atomic E-state index is 0.133. The van der Waals surface area contributed by atoms with Crippen molar-refractivity contribution in [1.82, 2.24) is 0 Å². The van der Waals surface area contributed by atoms with Crippen molar-refractivity contribution >= 4 is 5.97 Å². The molecule has 0 aromatic rings. The topological polar surface area (TPSA) is 26.3 Å². The molecule has 1 unspecified atom stereocenters. The van der Waals surface area contributed by atoms with Gasteiger partial charge in [-0.25, -0.2) is 0 Å². The second kappa shape index (κ2) is 4.86. The fourth-order valence-electron chi connectivity index (χ4n) is 1.06. The van der Waals surface area contributed by atoms with Gasteiger partial charge in [-0.3, -0.25) is 4.79 Å². The fourth-order valence-corrected chi connectivity index (χ4v) is 1.06. The minimum Gasteiger partial charge on any atom is -0.460 e. The summed E-state index contributed by atoms with van der Waals surface area (Å²) in [5.41, 5.74) is -0.740. The molecule has 0 N–H and O–H groups in total. The van der Waals surface area contributed by atoms with E-state index in [1.54, 1.807) is 27.7 Å². The van der Waals surface area contributed by atoms with Crippen LogP contribution in [0.15, 0.2) is 0 Å². The van der Waals surface area contributed by atoms with E-state index in [-0.39, 0.29) is 6.42 Å². The van der Waals surface area contributed by atoms with E-state index in [0.29, 0.717) is 0 Å². The molecule has 5 heteroatoms. The van der Waals surface area contributed by atoms with Crippen LogP contribution in [0.2, 0.25) is 0 Å². The highest BCUT2D eigenvalue weighted by atomic mass is 19.4. The largest absolute Gasteiger partial charge is 0.460 e. The van der Waals surface area contributed by atoms with E-state index < -0.39 is 30.1 Å². The van der Waals surface area contributed by atoms with Crippen molar-refractivity contribution in [2.75, 3.05) is 0 Å². The third-order valence-electron chi connectivity index (χ3n) is 1.71. The summed E-state index contributed by atoms with van der Waals surface area (Å²) in [5.74, 6) is -1.87. The number of hydrogen-bond acceptors (Lipinski definition) is 2. The number of hydrogen-bond donors (Lipinski definition) is 0. The molecule has 0 spiro atoms. The Morgan fingerprint density at radius 2 is 1.73 bits per heavy atom. The first-order valence-electron chi connectivity index (χ1n) is 4.85. The molecule has 0 aliphatic carbocycles. The SMILES string of the molecule is CCC(CC(F)(F)F)C(=O)OC(C)(C)C. The van der Waals surface area contributed by atoms with Crippen LogP contribution in [0.5, 0.6) is 0 Å². The van der Waals surface area contributed by atoms with Gasteiger partial charge in [-0.15, -0.1) is 0 Å². The molecule has 1 atom stereocenters. The van der Waals surface area contributed by atoms with E-state index in [0.717, 1.165) is 0 Å². The summed E-state index contributed by atoms with van der Waals surface area (Å²) in [6.07, 6.45) is -5.30. The molecular weight excluding hydrogens is 209 g/mol. The molecule has 15 heavy (non-hydrogen) atoms. The van der Waals surface area contributed by atoms with E-state index in [2.05, 4.69) is 0 Å². The predicted octanol–water partition coefficient (Wildman–Crippen LogP) is 3.31. The first-order chi connectivity index (χ1) is 6.55. The van der Waals surface area contributed by atoms with Gasteiger partial charge in [-0.2, -0.15) is 13.2 Å². The summed E-state index contributed by atoms with van der Waals surface area (Å²) in [6.45, 7) is 6.43. The van der Waals surface area contributed by atoms with Crippen molar-refractivity contribution in [2.45, 2.75) is 52.3 Å². The van der Waals surface area contributed by atoms with Crippen molar-refractivity contribution in [2.24, 2.45) is 5.92 Å².